The zero-order valence-electron chi connectivity index (χ0n) is 18.9. The minimum Gasteiger partial charge on any atom is -0.358 e. The second-order valence-electron chi connectivity index (χ2n) is 8.64. The molecule has 34 heavy (non-hydrogen) atoms. The molecule has 2 aliphatic rings. The molecule has 4 amide bonds. The van der Waals surface area contributed by atoms with Gasteiger partial charge >= 0.3 is 6.03 Å². The van der Waals surface area contributed by atoms with Crippen LogP contribution in [0.15, 0.2) is 84.9 Å². The van der Waals surface area contributed by atoms with Crippen LogP contribution in [0.25, 0.3) is 0 Å². The number of benzene rings is 3. The van der Waals surface area contributed by atoms with Gasteiger partial charge in [-0.2, -0.15) is 0 Å². The first kappa shape index (κ1) is 21.9. The van der Waals surface area contributed by atoms with Gasteiger partial charge in [0.1, 0.15) is 0 Å². The van der Waals surface area contributed by atoms with Crippen molar-refractivity contribution in [3.63, 3.8) is 0 Å². The predicted molar refractivity (Wildman–Crippen MR) is 127 cm³/mol. The summed E-state index contributed by atoms with van der Waals surface area (Å²) in [6.07, 6.45) is 0.516. The molecule has 172 valence electrons. The topological polar surface area (TPSA) is 81.8 Å². The Morgan fingerprint density at radius 1 is 0.912 bits per heavy atom. The summed E-state index contributed by atoms with van der Waals surface area (Å²) in [5, 5.41) is 5.70. The highest BCUT2D eigenvalue weighted by atomic mass is 16.2. The average Bonchev–Trinajstić information content (AvgIpc) is 3.14. The lowest BCUT2D eigenvalue weighted by Gasteiger charge is -2.37. The van der Waals surface area contributed by atoms with Crippen molar-refractivity contribution in [1.29, 1.82) is 0 Å². The van der Waals surface area contributed by atoms with Crippen LogP contribution in [0.3, 0.4) is 0 Å². The van der Waals surface area contributed by atoms with Crippen molar-refractivity contribution in [3.8, 4) is 0 Å². The van der Waals surface area contributed by atoms with E-state index in [4.69, 9.17) is 0 Å². The molecule has 2 heterocycles. The molecule has 0 saturated carbocycles. The Hall–Kier alpha value is -3.97. The molecule has 0 aromatic heterocycles. The third-order valence-electron chi connectivity index (χ3n) is 6.74. The molecule has 0 bridgehead atoms. The van der Waals surface area contributed by atoms with Crippen LogP contribution in [-0.4, -0.2) is 47.4 Å². The Balaban J connectivity index is 1.52. The summed E-state index contributed by atoms with van der Waals surface area (Å²) in [7, 11) is 1.60. The summed E-state index contributed by atoms with van der Waals surface area (Å²) in [4.78, 5) is 43.2. The molecule has 2 aliphatic heterocycles. The minimum absolute atomic E-state index is 0.0124. The van der Waals surface area contributed by atoms with Crippen LogP contribution >= 0.6 is 0 Å². The predicted octanol–water partition coefficient (Wildman–Crippen LogP) is 2.61. The van der Waals surface area contributed by atoms with E-state index >= 15 is 0 Å². The second-order valence-corrected chi connectivity index (χ2v) is 8.64. The van der Waals surface area contributed by atoms with Gasteiger partial charge in [-0.3, -0.25) is 14.5 Å². The van der Waals surface area contributed by atoms with Crippen molar-refractivity contribution < 1.29 is 14.4 Å². The number of hydrogen-bond donors (Lipinski definition) is 2. The number of carbonyl (C=O) groups is 3. The standard InChI is InChI=1S/C27H26N4O3/c1-28-24(32)23-16-19-10-8-9-11-20(19)17-30(23)18-31-25(33)27(29-26(31)34,21-12-4-2-5-13-21)22-14-6-3-7-15-22/h2-15,23H,16-18H2,1H3,(H,28,32)(H,29,34)/t23-/m1/s1. The van der Waals surface area contributed by atoms with Crippen molar-refractivity contribution >= 4 is 17.8 Å². The lowest BCUT2D eigenvalue weighted by molar-refractivity contribution is -0.135. The minimum atomic E-state index is -1.32. The van der Waals surface area contributed by atoms with Gasteiger partial charge in [0.05, 0.1) is 12.7 Å². The van der Waals surface area contributed by atoms with Crippen LogP contribution in [-0.2, 0) is 28.1 Å². The van der Waals surface area contributed by atoms with Gasteiger partial charge in [0.25, 0.3) is 5.91 Å². The highest BCUT2D eigenvalue weighted by Crippen LogP contribution is 2.36. The molecule has 5 rings (SSSR count). The van der Waals surface area contributed by atoms with Crippen molar-refractivity contribution in [3.05, 3.63) is 107 Å². The molecule has 1 atom stereocenters. The summed E-state index contributed by atoms with van der Waals surface area (Å²) < 4.78 is 0. The first-order chi connectivity index (χ1) is 16.5. The zero-order valence-corrected chi connectivity index (χ0v) is 18.9. The Kier molecular flexibility index (Phi) is 5.63. The molecule has 0 radical (unpaired) electrons. The lowest BCUT2D eigenvalue weighted by Crippen LogP contribution is -2.54. The third kappa shape index (κ3) is 3.54. The van der Waals surface area contributed by atoms with Crippen molar-refractivity contribution in [2.45, 2.75) is 24.5 Å². The van der Waals surface area contributed by atoms with Crippen LogP contribution < -0.4 is 10.6 Å². The molecule has 7 nitrogen and oxygen atoms in total. The Bertz CT molecular complexity index is 1190. The highest BCUT2D eigenvalue weighted by molar-refractivity contribution is 6.09. The van der Waals surface area contributed by atoms with Gasteiger partial charge in [0.15, 0.2) is 5.54 Å². The zero-order chi connectivity index (χ0) is 23.7. The number of hydrogen-bond acceptors (Lipinski definition) is 4. The van der Waals surface area contributed by atoms with Crippen LogP contribution in [0.2, 0.25) is 0 Å². The highest BCUT2D eigenvalue weighted by Gasteiger charge is 2.54. The largest absolute Gasteiger partial charge is 0.358 e. The van der Waals surface area contributed by atoms with Gasteiger partial charge in [0.2, 0.25) is 5.91 Å². The second kappa shape index (κ2) is 8.76. The molecule has 0 unspecified atom stereocenters. The number of likely N-dealkylation sites (N-methyl/N-ethyl adjacent to an activating group) is 1. The van der Waals surface area contributed by atoms with E-state index in [9.17, 15) is 14.4 Å². The Morgan fingerprint density at radius 2 is 1.47 bits per heavy atom. The number of nitrogens with zero attached hydrogens (tertiary/aromatic N) is 2. The maximum absolute atomic E-state index is 14.0. The van der Waals surface area contributed by atoms with Gasteiger partial charge < -0.3 is 10.6 Å². The van der Waals surface area contributed by atoms with Gasteiger partial charge in [-0.25, -0.2) is 9.69 Å². The molecule has 0 aliphatic carbocycles. The summed E-state index contributed by atoms with van der Waals surface area (Å²) in [6, 6.07) is 25.5. The van der Waals surface area contributed by atoms with E-state index in [2.05, 4.69) is 10.6 Å². The molecule has 1 saturated heterocycles. The molecular formula is C27H26N4O3. The fraction of sp³-hybridized carbons (Fsp3) is 0.222. The number of fused-ring (bicyclic) bond motifs is 1. The first-order valence-corrected chi connectivity index (χ1v) is 11.3. The Morgan fingerprint density at radius 3 is 2.06 bits per heavy atom. The van der Waals surface area contributed by atoms with Gasteiger partial charge in [-0.15, -0.1) is 0 Å². The molecule has 3 aromatic rings. The molecule has 7 heteroatoms. The number of rotatable bonds is 5. The SMILES string of the molecule is CNC(=O)[C@H]1Cc2ccccc2CN1CN1C(=O)NC(c2ccccc2)(c2ccccc2)C1=O. The van der Waals surface area contributed by atoms with E-state index in [1.807, 2.05) is 89.8 Å². The number of urea groups is 1. The van der Waals surface area contributed by atoms with Crippen molar-refractivity contribution in [2.24, 2.45) is 0 Å². The smallest absolute Gasteiger partial charge is 0.326 e. The molecule has 3 aromatic carbocycles. The Labute approximate surface area is 198 Å². The van der Waals surface area contributed by atoms with E-state index in [0.717, 1.165) is 11.1 Å². The van der Waals surface area contributed by atoms with E-state index in [-0.39, 0.29) is 18.5 Å². The van der Waals surface area contributed by atoms with E-state index < -0.39 is 17.6 Å². The maximum Gasteiger partial charge on any atom is 0.326 e. The number of imide groups is 1. The van der Waals surface area contributed by atoms with Crippen LogP contribution in [0.1, 0.15) is 22.3 Å². The van der Waals surface area contributed by atoms with Crippen molar-refractivity contribution in [1.82, 2.24) is 20.4 Å². The third-order valence-corrected chi connectivity index (χ3v) is 6.74. The van der Waals surface area contributed by atoms with Gasteiger partial charge in [0, 0.05) is 13.6 Å². The lowest BCUT2D eigenvalue weighted by atomic mass is 9.82. The fourth-order valence-electron chi connectivity index (χ4n) is 4.97. The molecular weight excluding hydrogens is 428 g/mol. The fourth-order valence-corrected chi connectivity index (χ4v) is 4.97. The maximum atomic E-state index is 14.0. The normalized spacial score (nSPS) is 19.4. The summed E-state index contributed by atoms with van der Waals surface area (Å²) in [5.41, 5.74) is 2.25. The van der Waals surface area contributed by atoms with Crippen LogP contribution in [0, 0.1) is 0 Å². The van der Waals surface area contributed by atoms with Crippen molar-refractivity contribution in [2.75, 3.05) is 13.7 Å². The molecule has 2 N–H and O–H groups in total. The van der Waals surface area contributed by atoms with Crippen LogP contribution in [0.5, 0.6) is 0 Å². The average molecular weight is 455 g/mol. The molecule has 0 spiro atoms. The van der Waals surface area contributed by atoms with Gasteiger partial charge in [-0.1, -0.05) is 84.9 Å². The van der Waals surface area contributed by atoms with E-state index in [0.29, 0.717) is 24.1 Å². The first-order valence-electron chi connectivity index (χ1n) is 11.3. The number of carbonyl (C=O) groups excluding carboxylic acids is 3. The van der Waals surface area contributed by atoms with Crippen LogP contribution in [0.4, 0.5) is 4.79 Å². The quantitative estimate of drug-likeness (QED) is 0.581. The number of nitrogens with one attached hydrogen (secondary N) is 2. The monoisotopic (exact) mass is 454 g/mol. The molecule has 1 fully saturated rings. The van der Waals surface area contributed by atoms with E-state index in [1.54, 1.807) is 7.05 Å². The summed E-state index contributed by atoms with van der Waals surface area (Å²) >= 11 is 0. The number of amides is 4. The van der Waals surface area contributed by atoms with E-state index in [1.165, 1.54) is 4.90 Å². The summed E-state index contributed by atoms with van der Waals surface area (Å²) in [6.45, 7) is 0.480. The van der Waals surface area contributed by atoms with Gasteiger partial charge in [-0.05, 0) is 28.7 Å². The summed E-state index contributed by atoms with van der Waals surface area (Å²) in [5.74, 6) is -0.497.